The summed E-state index contributed by atoms with van der Waals surface area (Å²) in [5, 5.41) is 13.7. The van der Waals surface area contributed by atoms with Crippen molar-refractivity contribution >= 4 is 10.9 Å². The summed E-state index contributed by atoms with van der Waals surface area (Å²) in [5.41, 5.74) is 3.48. The SMILES string of the molecule is CC[C@@H](c1nnnn1C(C)(C)C)N(Cc1ccc(OC)cc1)Cc1cc2cc(C)ccc2[nH]c1=O. The van der Waals surface area contributed by atoms with E-state index in [0.717, 1.165) is 40.0 Å². The minimum absolute atomic E-state index is 0.0775. The first-order chi connectivity index (χ1) is 16.7. The van der Waals surface area contributed by atoms with Crippen LogP contribution in [0.15, 0.2) is 53.3 Å². The standard InChI is InChI=1S/C27H34N6O2/c1-7-24(25-29-30-31-33(25)27(3,4)5)32(16-19-9-11-22(35-6)12-10-19)17-21-15-20-14-18(2)8-13-23(20)28-26(21)34/h8-15,24H,7,16-17H2,1-6H3,(H,28,34)/t24-/m0/s1. The minimum atomic E-state index is -0.268. The van der Waals surface area contributed by atoms with Gasteiger partial charge in [-0.05, 0) is 85.8 Å². The molecule has 0 radical (unpaired) electrons. The molecular formula is C27H34N6O2. The highest BCUT2D eigenvalue weighted by molar-refractivity contribution is 5.79. The second-order valence-electron chi connectivity index (χ2n) is 10.0. The van der Waals surface area contributed by atoms with Gasteiger partial charge in [-0.2, -0.15) is 0 Å². The Bertz CT molecular complexity index is 1350. The normalized spacial score (nSPS) is 12.9. The topological polar surface area (TPSA) is 88.9 Å². The van der Waals surface area contributed by atoms with Gasteiger partial charge in [-0.3, -0.25) is 9.69 Å². The maximum atomic E-state index is 13.1. The summed E-state index contributed by atoms with van der Waals surface area (Å²) in [7, 11) is 1.66. The third kappa shape index (κ3) is 5.43. The predicted octanol–water partition coefficient (Wildman–Crippen LogP) is 4.74. The number of aromatic amines is 1. The molecule has 0 aliphatic carbocycles. The first-order valence-corrected chi connectivity index (χ1v) is 12.0. The van der Waals surface area contributed by atoms with E-state index in [-0.39, 0.29) is 17.1 Å². The summed E-state index contributed by atoms with van der Waals surface area (Å²) < 4.78 is 7.21. The average Bonchev–Trinajstić information content (AvgIpc) is 3.31. The summed E-state index contributed by atoms with van der Waals surface area (Å²) in [4.78, 5) is 18.4. The van der Waals surface area contributed by atoms with E-state index in [2.05, 4.69) is 78.2 Å². The second kappa shape index (κ2) is 10.00. The van der Waals surface area contributed by atoms with Crippen LogP contribution in [0.5, 0.6) is 5.75 Å². The van der Waals surface area contributed by atoms with Gasteiger partial charge in [0, 0.05) is 24.2 Å². The van der Waals surface area contributed by atoms with Crippen LogP contribution in [-0.4, -0.2) is 37.2 Å². The minimum Gasteiger partial charge on any atom is -0.497 e. The van der Waals surface area contributed by atoms with Crippen molar-refractivity contribution in [3.8, 4) is 5.75 Å². The lowest BCUT2D eigenvalue weighted by molar-refractivity contribution is 0.153. The van der Waals surface area contributed by atoms with Crippen molar-refractivity contribution in [3.05, 3.63) is 81.4 Å². The molecule has 4 aromatic rings. The van der Waals surface area contributed by atoms with E-state index >= 15 is 0 Å². The van der Waals surface area contributed by atoms with Gasteiger partial charge in [-0.25, -0.2) is 4.68 Å². The van der Waals surface area contributed by atoms with E-state index in [1.54, 1.807) is 7.11 Å². The number of H-pyrrole nitrogens is 1. The van der Waals surface area contributed by atoms with Gasteiger partial charge < -0.3 is 9.72 Å². The lowest BCUT2D eigenvalue weighted by Gasteiger charge is -2.32. The molecule has 1 atom stereocenters. The van der Waals surface area contributed by atoms with Gasteiger partial charge in [0.15, 0.2) is 5.82 Å². The van der Waals surface area contributed by atoms with Crippen LogP contribution in [-0.2, 0) is 18.6 Å². The molecule has 8 heteroatoms. The van der Waals surface area contributed by atoms with Crippen molar-refractivity contribution in [1.29, 1.82) is 0 Å². The van der Waals surface area contributed by atoms with E-state index in [9.17, 15) is 4.79 Å². The molecule has 35 heavy (non-hydrogen) atoms. The number of methoxy groups -OCH3 is 1. The van der Waals surface area contributed by atoms with Crippen molar-refractivity contribution in [2.24, 2.45) is 0 Å². The fourth-order valence-corrected chi connectivity index (χ4v) is 4.43. The molecular weight excluding hydrogens is 440 g/mol. The van der Waals surface area contributed by atoms with Crippen LogP contribution in [0.3, 0.4) is 0 Å². The Labute approximate surface area is 205 Å². The molecule has 2 aromatic carbocycles. The fraction of sp³-hybridized carbons (Fsp3) is 0.407. The zero-order valence-electron chi connectivity index (χ0n) is 21.4. The highest BCUT2D eigenvalue weighted by Crippen LogP contribution is 2.29. The Morgan fingerprint density at radius 1 is 1.09 bits per heavy atom. The van der Waals surface area contributed by atoms with Crippen LogP contribution in [0.25, 0.3) is 10.9 Å². The quantitative estimate of drug-likeness (QED) is 0.397. The lowest BCUT2D eigenvalue weighted by Crippen LogP contribution is -2.35. The van der Waals surface area contributed by atoms with E-state index < -0.39 is 0 Å². The molecule has 0 fully saturated rings. The van der Waals surface area contributed by atoms with E-state index in [4.69, 9.17) is 4.74 Å². The lowest BCUT2D eigenvalue weighted by atomic mass is 10.0. The Morgan fingerprint density at radius 2 is 1.83 bits per heavy atom. The largest absolute Gasteiger partial charge is 0.497 e. The third-order valence-electron chi connectivity index (χ3n) is 6.25. The summed E-state index contributed by atoms with van der Waals surface area (Å²) in [5.74, 6) is 1.60. The summed E-state index contributed by atoms with van der Waals surface area (Å²) in [6.45, 7) is 11.5. The number of pyridine rings is 1. The number of aromatic nitrogens is 5. The maximum absolute atomic E-state index is 13.1. The van der Waals surface area contributed by atoms with Crippen LogP contribution in [0.2, 0.25) is 0 Å². The molecule has 0 bridgehead atoms. The van der Waals surface area contributed by atoms with Gasteiger partial charge >= 0.3 is 0 Å². The molecule has 0 saturated carbocycles. The molecule has 0 unspecified atom stereocenters. The van der Waals surface area contributed by atoms with Crippen LogP contribution in [0.1, 0.15) is 62.7 Å². The van der Waals surface area contributed by atoms with Gasteiger partial charge in [0.1, 0.15) is 5.75 Å². The maximum Gasteiger partial charge on any atom is 0.252 e. The fourth-order valence-electron chi connectivity index (χ4n) is 4.43. The molecule has 2 heterocycles. The number of hydrogen-bond acceptors (Lipinski definition) is 6. The van der Waals surface area contributed by atoms with Gasteiger partial charge in [0.2, 0.25) is 0 Å². The Hall–Kier alpha value is -3.52. The number of hydrogen-bond donors (Lipinski definition) is 1. The number of nitrogens with one attached hydrogen (secondary N) is 1. The van der Waals surface area contributed by atoms with E-state index in [1.807, 2.05) is 35.0 Å². The summed E-state index contributed by atoms with van der Waals surface area (Å²) in [6.07, 6.45) is 0.789. The van der Waals surface area contributed by atoms with Crippen LogP contribution >= 0.6 is 0 Å². The summed E-state index contributed by atoms with van der Waals surface area (Å²) >= 11 is 0. The molecule has 1 N–H and O–H groups in total. The Balaban J connectivity index is 1.76. The smallest absolute Gasteiger partial charge is 0.252 e. The Morgan fingerprint density at radius 3 is 2.49 bits per heavy atom. The number of fused-ring (bicyclic) bond motifs is 1. The second-order valence-corrected chi connectivity index (χ2v) is 10.0. The number of tetrazole rings is 1. The molecule has 0 aliphatic rings. The van der Waals surface area contributed by atoms with Crippen LogP contribution in [0.4, 0.5) is 0 Å². The van der Waals surface area contributed by atoms with Gasteiger partial charge in [-0.15, -0.1) is 5.10 Å². The number of rotatable bonds is 8. The molecule has 0 spiro atoms. The van der Waals surface area contributed by atoms with Gasteiger partial charge in [0.25, 0.3) is 5.56 Å². The van der Waals surface area contributed by atoms with Gasteiger partial charge in [0.05, 0.1) is 18.7 Å². The average molecular weight is 475 g/mol. The number of nitrogens with zero attached hydrogens (tertiary/aromatic N) is 5. The molecule has 0 aliphatic heterocycles. The van der Waals surface area contributed by atoms with Crippen molar-refractivity contribution in [1.82, 2.24) is 30.1 Å². The van der Waals surface area contributed by atoms with E-state index in [1.165, 1.54) is 0 Å². The number of aryl methyl sites for hydroxylation is 1. The first kappa shape index (κ1) is 24.6. The zero-order valence-corrected chi connectivity index (χ0v) is 21.4. The number of ether oxygens (including phenoxy) is 1. The number of benzene rings is 2. The highest BCUT2D eigenvalue weighted by Gasteiger charge is 2.29. The van der Waals surface area contributed by atoms with Crippen molar-refractivity contribution in [2.45, 2.75) is 65.7 Å². The molecule has 0 amide bonds. The molecule has 2 aromatic heterocycles. The molecule has 184 valence electrons. The van der Waals surface area contributed by atoms with Crippen molar-refractivity contribution < 1.29 is 4.74 Å². The third-order valence-corrected chi connectivity index (χ3v) is 6.25. The molecule has 8 nitrogen and oxygen atoms in total. The molecule has 0 saturated heterocycles. The monoisotopic (exact) mass is 474 g/mol. The van der Waals surface area contributed by atoms with Crippen molar-refractivity contribution in [2.75, 3.05) is 7.11 Å². The molecule has 4 rings (SSSR count). The first-order valence-electron chi connectivity index (χ1n) is 12.0. The highest BCUT2D eigenvalue weighted by atomic mass is 16.5. The van der Waals surface area contributed by atoms with E-state index in [0.29, 0.717) is 18.7 Å². The Kier molecular flexibility index (Phi) is 7.03. The zero-order chi connectivity index (χ0) is 25.2. The van der Waals surface area contributed by atoms with Crippen LogP contribution < -0.4 is 10.3 Å². The summed E-state index contributed by atoms with van der Waals surface area (Å²) in [6, 6.07) is 16.0. The van der Waals surface area contributed by atoms with Gasteiger partial charge in [-0.1, -0.05) is 30.7 Å². The van der Waals surface area contributed by atoms with Crippen molar-refractivity contribution in [3.63, 3.8) is 0 Å². The van der Waals surface area contributed by atoms with Crippen LogP contribution in [0, 0.1) is 6.92 Å². The predicted molar refractivity (Wildman–Crippen MR) is 137 cm³/mol.